The first-order valence-corrected chi connectivity index (χ1v) is 9.69. The topological polar surface area (TPSA) is 66.6 Å². The summed E-state index contributed by atoms with van der Waals surface area (Å²) in [5.74, 6) is 0.815. The number of rotatable bonds is 6. The number of aromatic nitrogens is 3. The van der Waals surface area contributed by atoms with Crippen molar-refractivity contribution in [2.45, 2.75) is 33.6 Å². The molecular formula is C19H26N6S. The van der Waals surface area contributed by atoms with E-state index in [9.17, 15) is 0 Å². The third-order valence-corrected chi connectivity index (χ3v) is 5.46. The monoisotopic (exact) mass is 370 g/mol. The van der Waals surface area contributed by atoms with Crippen LogP contribution in [0.15, 0.2) is 29.5 Å². The Labute approximate surface area is 158 Å². The molecule has 0 saturated heterocycles. The lowest BCUT2D eigenvalue weighted by Gasteiger charge is -2.10. The molecule has 0 aromatic carbocycles. The van der Waals surface area contributed by atoms with Gasteiger partial charge in [0, 0.05) is 50.2 Å². The maximum absolute atomic E-state index is 4.70. The highest BCUT2D eigenvalue weighted by atomic mass is 32.1. The van der Waals surface area contributed by atoms with Gasteiger partial charge in [-0.2, -0.15) is 0 Å². The number of imidazole rings is 1. The molecule has 0 spiro atoms. The Bertz CT molecular complexity index is 889. The molecule has 0 amide bonds. The van der Waals surface area contributed by atoms with Crippen LogP contribution < -0.4 is 10.6 Å². The molecule has 7 heteroatoms. The number of nitrogens with zero attached hydrogens (tertiary/aromatic N) is 4. The third kappa shape index (κ3) is 4.40. The second-order valence-corrected chi connectivity index (χ2v) is 7.62. The molecule has 3 aromatic heterocycles. The summed E-state index contributed by atoms with van der Waals surface area (Å²) in [6.07, 6.45) is 5.89. The molecule has 3 rings (SSSR count). The fourth-order valence-corrected chi connectivity index (χ4v) is 3.72. The van der Waals surface area contributed by atoms with Crippen molar-refractivity contribution in [3.05, 3.63) is 51.4 Å². The van der Waals surface area contributed by atoms with Crippen molar-refractivity contribution in [2.24, 2.45) is 4.99 Å². The smallest absolute Gasteiger partial charge is 0.191 e. The van der Waals surface area contributed by atoms with E-state index in [0.717, 1.165) is 48.9 Å². The molecular weight excluding hydrogens is 344 g/mol. The van der Waals surface area contributed by atoms with E-state index < -0.39 is 0 Å². The van der Waals surface area contributed by atoms with Crippen LogP contribution in [0.4, 0.5) is 0 Å². The highest BCUT2D eigenvalue weighted by Crippen LogP contribution is 2.16. The van der Waals surface area contributed by atoms with Crippen molar-refractivity contribution in [3.63, 3.8) is 0 Å². The van der Waals surface area contributed by atoms with Crippen molar-refractivity contribution in [1.29, 1.82) is 0 Å². The Kier molecular flexibility index (Phi) is 5.88. The van der Waals surface area contributed by atoms with Crippen LogP contribution in [0.2, 0.25) is 0 Å². The summed E-state index contributed by atoms with van der Waals surface area (Å²) in [5, 5.41) is 7.87. The summed E-state index contributed by atoms with van der Waals surface area (Å²) in [5.41, 5.74) is 4.43. The minimum absolute atomic E-state index is 0.790. The molecule has 3 heterocycles. The zero-order chi connectivity index (χ0) is 18.5. The lowest BCUT2D eigenvalue weighted by atomic mass is 10.3. The van der Waals surface area contributed by atoms with Gasteiger partial charge in [-0.15, -0.1) is 11.3 Å². The molecule has 0 unspecified atom stereocenters. The van der Waals surface area contributed by atoms with E-state index in [1.54, 1.807) is 18.4 Å². The molecule has 0 aliphatic carbocycles. The van der Waals surface area contributed by atoms with Gasteiger partial charge in [-0.05, 0) is 32.4 Å². The van der Waals surface area contributed by atoms with Crippen LogP contribution in [0.5, 0.6) is 0 Å². The molecule has 0 aliphatic rings. The Morgan fingerprint density at radius 3 is 2.58 bits per heavy atom. The first kappa shape index (κ1) is 18.4. The van der Waals surface area contributed by atoms with E-state index in [0.29, 0.717) is 0 Å². The molecule has 0 aliphatic heterocycles. The lowest BCUT2D eigenvalue weighted by Crippen LogP contribution is -2.39. The number of aryl methyl sites for hydroxylation is 3. The van der Waals surface area contributed by atoms with Crippen LogP contribution in [0, 0.1) is 20.8 Å². The van der Waals surface area contributed by atoms with Gasteiger partial charge in [0.05, 0.1) is 16.4 Å². The number of guanidine groups is 1. The largest absolute Gasteiger partial charge is 0.356 e. The van der Waals surface area contributed by atoms with Gasteiger partial charge in [-0.1, -0.05) is 6.07 Å². The van der Waals surface area contributed by atoms with E-state index in [1.165, 1.54) is 15.4 Å². The van der Waals surface area contributed by atoms with Crippen LogP contribution >= 0.6 is 11.3 Å². The predicted molar refractivity (Wildman–Crippen MR) is 108 cm³/mol. The lowest BCUT2D eigenvalue weighted by molar-refractivity contribution is 0.776. The standard InChI is InChI=1S/C19H26N6S/c1-13-6-5-11-25-12-16(24-18(13)25)7-9-21-19(20-4)22-10-8-17-23-14(2)15(3)26-17/h5-6,11-12H,7-10H2,1-4H3,(H2,20,21,22). The summed E-state index contributed by atoms with van der Waals surface area (Å²) in [6, 6.07) is 4.13. The number of thiazole rings is 1. The molecule has 138 valence electrons. The molecule has 26 heavy (non-hydrogen) atoms. The zero-order valence-corrected chi connectivity index (χ0v) is 16.7. The number of pyridine rings is 1. The summed E-state index contributed by atoms with van der Waals surface area (Å²) >= 11 is 1.77. The molecule has 0 bridgehead atoms. The highest BCUT2D eigenvalue weighted by molar-refractivity contribution is 7.11. The Balaban J connectivity index is 1.45. The Hall–Kier alpha value is -2.41. The first-order valence-electron chi connectivity index (χ1n) is 8.87. The van der Waals surface area contributed by atoms with Crippen LogP contribution in [0.1, 0.15) is 26.8 Å². The first-order chi connectivity index (χ1) is 12.6. The predicted octanol–water partition coefficient (Wildman–Crippen LogP) is 2.67. The van der Waals surface area contributed by atoms with Gasteiger partial charge < -0.3 is 15.0 Å². The molecule has 6 nitrogen and oxygen atoms in total. The molecule has 2 N–H and O–H groups in total. The maximum atomic E-state index is 4.70. The normalized spacial score (nSPS) is 11.9. The summed E-state index contributed by atoms with van der Waals surface area (Å²) in [7, 11) is 1.79. The van der Waals surface area contributed by atoms with Crippen molar-refractivity contribution < 1.29 is 0 Å². The second kappa shape index (κ2) is 8.31. The zero-order valence-electron chi connectivity index (χ0n) is 15.8. The SMILES string of the molecule is CN=C(NCCc1cn2cccc(C)c2n1)NCCc1nc(C)c(C)s1. The Morgan fingerprint density at radius 2 is 1.92 bits per heavy atom. The fraction of sp³-hybridized carbons (Fsp3) is 0.421. The molecule has 0 fully saturated rings. The minimum Gasteiger partial charge on any atom is -0.356 e. The fourth-order valence-electron chi connectivity index (χ4n) is 2.79. The number of aliphatic imine (C=N–C) groups is 1. The van der Waals surface area contributed by atoms with Gasteiger partial charge in [-0.3, -0.25) is 4.99 Å². The molecule has 3 aromatic rings. The Morgan fingerprint density at radius 1 is 1.15 bits per heavy atom. The van der Waals surface area contributed by atoms with Crippen LogP contribution in [-0.2, 0) is 12.8 Å². The average molecular weight is 371 g/mol. The second-order valence-electron chi connectivity index (χ2n) is 6.33. The summed E-state index contributed by atoms with van der Waals surface area (Å²) < 4.78 is 2.08. The van der Waals surface area contributed by atoms with Crippen LogP contribution in [0.3, 0.4) is 0 Å². The summed E-state index contributed by atoms with van der Waals surface area (Å²) in [4.78, 5) is 14.9. The minimum atomic E-state index is 0.790. The van der Waals surface area contributed by atoms with Crippen LogP contribution in [-0.4, -0.2) is 40.5 Å². The van der Waals surface area contributed by atoms with Crippen molar-refractivity contribution in [2.75, 3.05) is 20.1 Å². The number of fused-ring (bicyclic) bond motifs is 1. The van der Waals surface area contributed by atoms with E-state index in [1.807, 2.05) is 12.3 Å². The van der Waals surface area contributed by atoms with Gasteiger partial charge in [0.25, 0.3) is 0 Å². The highest BCUT2D eigenvalue weighted by Gasteiger charge is 2.06. The molecule has 0 radical (unpaired) electrons. The average Bonchev–Trinajstić information content (AvgIpc) is 3.17. The van der Waals surface area contributed by atoms with Crippen LogP contribution in [0.25, 0.3) is 5.65 Å². The maximum Gasteiger partial charge on any atom is 0.191 e. The van der Waals surface area contributed by atoms with Crippen molar-refractivity contribution in [1.82, 2.24) is 25.0 Å². The van der Waals surface area contributed by atoms with Gasteiger partial charge in [-0.25, -0.2) is 9.97 Å². The summed E-state index contributed by atoms with van der Waals surface area (Å²) in [6.45, 7) is 7.87. The quantitative estimate of drug-likeness (QED) is 0.517. The number of hydrogen-bond donors (Lipinski definition) is 2. The van der Waals surface area contributed by atoms with Crippen molar-refractivity contribution in [3.8, 4) is 0 Å². The number of hydrogen-bond acceptors (Lipinski definition) is 4. The molecule has 0 saturated carbocycles. The van der Waals surface area contributed by atoms with Gasteiger partial charge >= 0.3 is 0 Å². The van der Waals surface area contributed by atoms with E-state index in [4.69, 9.17) is 4.98 Å². The van der Waals surface area contributed by atoms with E-state index in [-0.39, 0.29) is 0 Å². The van der Waals surface area contributed by atoms with Gasteiger partial charge in [0.2, 0.25) is 0 Å². The third-order valence-electron chi connectivity index (χ3n) is 4.33. The van der Waals surface area contributed by atoms with E-state index >= 15 is 0 Å². The molecule has 0 atom stereocenters. The van der Waals surface area contributed by atoms with E-state index in [2.05, 4.69) is 58.0 Å². The van der Waals surface area contributed by atoms with Crippen molar-refractivity contribution >= 4 is 22.9 Å². The van der Waals surface area contributed by atoms with Gasteiger partial charge in [0.15, 0.2) is 5.96 Å². The van der Waals surface area contributed by atoms with Gasteiger partial charge in [0.1, 0.15) is 5.65 Å². The number of nitrogens with one attached hydrogen (secondary N) is 2.